The SMILES string of the molecule is Cc1ccc(Oc2ccc(Nc3ncnc4sc5c(c34)CNC5)cc2C)cn1. The van der Waals surface area contributed by atoms with Gasteiger partial charge >= 0.3 is 0 Å². The molecular weight excluding hydrogens is 370 g/mol. The van der Waals surface area contributed by atoms with E-state index in [0.717, 1.165) is 57.6 Å². The number of nitrogens with one attached hydrogen (secondary N) is 2. The fraction of sp³-hybridized carbons (Fsp3) is 0.190. The lowest BCUT2D eigenvalue weighted by molar-refractivity contribution is 0.476. The molecule has 7 heteroatoms. The summed E-state index contributed by atoms with van der Waals surface area (Å²) in [6, 6.07) is 9.90. The van der Waals surface area contributed by atoms with Crippen molar-refractivity contribution in [3.63, 3.8) is 0 Å². The normalized spacial score (nSPS) is 12.9. The molecule has 0 aliphatic carbocycles. The molecular formula is C21H19N5OS. The first-order chi connectivity index (χ1) is 13.7. The quantitative estimate of drug-likeness (QED) is 0.520. The predicted octanol–water partition coefficient (Wildman–Crippen LogP) is 4.84. The van der Waals surface area contributed by atoms with Crippen LogP contribution in [0.25, 0.3) is 10.2 Å². The largest absolute Gasteiger partial charge is 0.455 e. The minimum absolute atomic E-state index is 0.730. The summed E-state index contributed by atoms with van der Waals surface area (Å²) in [6.07, 6.45) is 3.36. The molecule has 0 saturated carbocycles. The van der Waals surface area contributed by atoms with Crippen molar-refractivity contribution < 1.29 is 4.74 Å². The van der Waals surface area contributed by atoms with Crippen LogP contribution in [0, 0.1) is 13.8 Å². The molecule has 28 heavy (non-hydrogen) atoms. The van der Waals surface area contributed by atoms with Gasteiger partial charge in [-0.1, -0.05) is 0 Å². The van der Waals surface area contributed by atoms with E-state index in [0.29, 0.717) is 0 Å². The highest BCUT2D eigenvalue weighted by Gasteiger charge is 2.21. The van der Waals surface area contributed by atoms with Crippen LogP contribution in [0.2, 0.25) is 0 Å². The first-order valence-electron chi connectivity index (χ1n) is 9.11. The van der Waals surface area contributed by atoms with E-state index in [9.17, 15) is 0 Å². The van der Waals surface area contributed by atoms with E-state index in [4.69, 9.17) is 4.74 Å². The lowest BCUT2D eigenvalue weighted by Gasteiger charge is -2.12. The van der Waals surface area contributed by atoms with Crippen molar-refractivity contribution in [1.29, 1.82) is 0 Å². The van der Waals surface area contributed by atoms with Crippen LogP contribution in [0.4, 0.5) is 11.5 Å². The number of anilines is 2. The van der Waals surface area contributed by atoms with E-state index >= 15 is 0 Å². The number of benzene rings is 1. The number of hydrogen-bond donors (Lipinski definition) is 2. The zero-order valence-corrected chi connectivity index (χ0v) is 16.4. The topological polar surface area (TPSA) is 72.0 Å². The maximum atomic E-state index is 5.97. The van der Waals surface area contributed by atoms with Crippen molar-refractivity contribution in [1.82, 2.24) is 20.3 Å². The maximum absolute atomic E-state index is 5.97. The van der Waals surface area contributed by atoms with Crippen molar-refractivity contribution in [2.24, 2.45) is 0 Å². The summed E-state index contributed by atoms with van der Waals surface area (Å²) in [5.74, 6) is 2.39. The first kappa shape index (κ1) is 17.1. The average molecular weight is 389 g/mol. The Hall–Kier alpha value is -3.03. The Balaban J connectivity index is 1.43. The maximum Gasteiger partial charge on any atom is 0.145 e. The highest BCUT2D eigenvalue weighted by Crippen LogP contribution is 2.37. The molecule has 0 saturated heterocycles. The van der Waals surface area contributed by atoms with E-state index in [1.165, 1.54) is 10.4 Å². The van der Waals surface area contributed by atoms with Crippen LogP contribution in [0.15, 0.2) is 42.9 Å². The molecule has 140 valence electrons. The van der Waals surface area contributed by atoms with Crippen LogP contribution in [-0.4, -0.2) is 15.0 Å². The predicted molar refractivity (Wildman–Crippen MR) is 111 cm³/mol. The van der Waals surface area contributed by atoms with Gasteiger partial charge in [0.25, 0.3) is 0 Å². The second-order valence-electron chi connectivity index (χ2n) is 6.85. The second kappa shape index (κ2) is 6.85. The van der Waals surface area contributed by atoms with Gasteiger partial charge in [0, 0.05) is 29.3 Å². The summed E-state index contributed by atoms with van der Waals surface area (Å²) in [5.41, 5.74) is 4.28. The number of hydrogen-bond acceptors (Lipinski definition) is 7. The third-order valence-corrected chi connectivity index (χ3v) is 5.95. The first-order valence-corrected chi connectivity index (χ1v) is 9.93. The Morgan fingerprint density at radius 3 is 2.82 bits per heavy atom. The molecule has 2 N–H and O–H groups in total. The van der Waals surface area contributed by atoms with Crippen molar-refractivity contribution in [3.8, 4) is 11.5 Å². The number of pyridine rings is 1. The summed E-state index contributed by atoms with van der Waals surface area (Å²) in [6.45, 7) is 5.77. The molecule has 5 rings (SSSR count). The Labute approximate surface area is 166 Å². The van der Waals surface area contributed by atoms with Gasteiger partial charge in [-0.05, 0) is 55.3 Å². The highest BCUT2D eigenvalue weighted by atomic mass is 32.1. The summed E-state index contributed by atoms with van der Waals surface area (Å²) < 4.78 is 5.97. The van der Waals surface area contributed by atoms with Gasteiger partial charge < -0.3 is 15.4 Å². The number of thiophene rings is 1. The molecule has 3 aromatic heterocycles. The van der Waals surface area contributed by atoms with Crippen molar-refractivity contribution in [3.05, 3.63) is 64.6 Å². The van der Waals surface area contributed by atoms with Gasteiger partial charge in [-0.15, -0.1) is 11.3 Å². The van der Waals surface area contributed by atoms with Gasteiger partial charge in [-0.3, -0.25) is 4.98 Å². The van der Waals surface area contributed by atoms with E-state index in [1.807, 2.05) is 38.1 Å². The number of nitrogens with zero attached hydrogens (tertiary/aromatic N) is 3. The minimum atomic E-state index is 0.730. The molecule has 1 aliphatic rings. The molecule has 0 unspecified atom stereocenters. The van der Waals surface area contributed by atoms with Gasteiger partial charge in [0.05, 0.1) is 11.6 Å². The van der Waals surface area contributed by atoms with E-state index in [-0.39, 0.29) is 0 Å². The molecule has 4 heterocycles. The van der Waals surface area contributed by atoms with Crippen LogP contribution in [0.3, 0.4) is 0 Å². The zero-order chi connectivity index (χ0) is 19.1. The number of aryl methyl sites for hydroxylation is 2. The lowest BCUT2D eigenvalue weighted by atomic mass is 10.1. The molecule has 1 aromatic carbocycles. The zero-order valence-electron chi connectivity index (χ0n) is 15.6. The lowest BCUT2D eigenvalue weighted by Crippen LogP contribution is -2.02. The van der Waals surface area contributed by atoms with Gasteiger partial charge in [0.15, 0.2) is 0 Å². The van der Waals surface area contributed by atoms with Gasteiger partial charge in [0.1, 0.15) is 28.5 Å². The second-order valence-corrected chi connectivity index (χ2v) is 7.94. The van der Waals surface area contributed by atoms with Gasteiger partial charge in [-0.25, -0.2) is 9.97 Å². The number of rotatable bonds is 4. The summed E-state index contributed by atoms with van der Waals surface area (Å²) >= 11 is 1.74. The molecule has 0 bridgehead atoms. The molecule has 0 spiro atoms. The number of aromatic nitrogens is 3. The molecule has 1 aliphatic heterocycles. The molecule has 0 radical (unpaired) electrons. The third kappa shape index (κ3) is 3.08. The van der Waals surface area contributed by atoms with Crippen LogP contribution in [0.1, 0.15) is 21.7 Å². The van der Waals surface area contributed by atoms with Crippen LogP contribution >= 0.6 is 11.3 Å². The summed E-state index contributed by atoms with van der Waals surface area (Å²) in [7, 11) is 0. The Bertz CT molecular complexity index is 1170. The van der Waals surface area contributed by atoms with Gasteiger partial charge in [0.2, 0.25) is 0 Å². The molecule has 0 fully saturated rings. The molecule has 4 aromatic rings. The third-order valence-electron chi connectivity index (χ3n) is 4.81. The monoisotopic (exact) mass is 389 g/mol. The summed E-state index contributed by atoms with van der Waals surface area (Å²) in [5, 5.41) is 7.98. The Kier molecular flexibility index (Phi) is 4.18. The smallest absolute Gasteiger partial charge is 0.145 e. The molecule has 0 atom stereocenters. The fourth-order valence-electron chi connectivity index (χ4n) is 3.38. The van der Waals surface area contributed by atoms with Gasteiger partial charge in [-0.2, -0.15) is 0 Å². The molecule has 0 amide bonds. The van der Waals surface area contributed by atoms with Crippen LogP contribution in [-0.2, 0) is 13.1 Å². The molecule has 6 nitrogen and oxygen atoms in total. The van der Waals surface area contributed by atoms with E-state index < -0.39 is 0 Å². The van der Waals surface area contributed by atoms with E-state index in [1.54, 1.807) is 23.9 Å². The summed E-state index contributed by atoms with van der Waals surface area (Å²) in [4.78, 5) is 15.6. The number of ether oxygens (including phenoxy) is 1. The fourth-order valence-corrected chi connectivity index (χ4v) is 4.51. The van der Waals surface area contributed by atoms with Crippen molar-refractivity contribution >= 4 is 33.1 Å². The van der Waals surface area contributed by atoms with Crippen molar-refractivity contribution in [2.75, 3.05) is 5.32 Å². The number of fused-ring (bicyclic) bond motifs is 3. The Morgan fingerprint density at radius 1 is 1.07 bits per heavy atom. The van der Waals surface area contributed by atoms with Crippen LogP contribution in [0.5, 0.6) is 11.5 Å². The minimum Gasteiger partial charge on any atom is -0.455 e. The standard InChI is InChI=1S/C21H19N5OS/c1-12-7-14(4-6-17(12)27-15-5-3-13(2)23-8-15)26-20-19-16-9-22-10-18(16)28-21(19)25-11-24-20/h3-8,11,22H,9-10H2,1-2H3,(H,24,25,26). The van der Waals surface area contributed by atoms with Crippen LogP contribution < -0.4 is 15.4 Å². The highest BCUT2D eigenvalue weighted by molar-refractivity contribution is 7.19. The average Bonchev–Trinajstić information content (AvgIpc) is 3.27. The Morgan fingerprint density at radius 2 is 2.00 bits per heavy atom. The van der Waals surface area contributed by atoms with E-state index in [2.05, 4.69) is 31.7 Å². The van der Waals surface area contributed by atoms with Crippen molar-refractivity contribution in [2.45, 2.75) is 26.9 Å².